The summed E-state index contributed by atoms with van der Waals surface area (Å²) in [6, 6.07) is 7.11. The van der Waals surface area contributed by atoms with Gasteiger partial charge in [0.1, 0.15) is 30.2 Å². The molecule has 1 aliphatic heterocycles. The molecule has 1 aromatic carbocycles. The molecule has 1 fully saturated rings. The highest BCUT2D eigenvalue weighted by molar-refractivity contribution is 5.28. The molecule has 21 heavy (non-hydrogen) atoms. The minimum atomic E-state index is -1.44. The molecular formula is C15H20O6. The highest BCUT2D eigenvalue weighted by Gasteiger charge is 2.44. The van der Waals surface area contributed by atoms with E-state index in [1.165, 1.54) is 0 Å². The second-order valence-electron chi connectivity index (χ2n) is 4.95. The minimum absolute atomic E-state index is 0.451. The summed E-state index contributed by atoms with van der Waals surface area (Å²) in [5, 5.41) is 38.3. The molecule has 0 aromatic heterocycles. The summed E-state index contributed by atoms with van der Waals surface area (Å²) in [4.78, 5) is 0. The fourth-order valence-electron chi connectivity index (χ4n) is 2.17. The van der Waals surface area contributed by atoms with Gasteiger partial charge in [-0.05, 0) is 24.1 Å². The average Bonchev–Trinajstić information content (AvgIpc) is 2.50. The van der Waals surface area contributed by atoms with Gasteiger partial charge in [0.25, 0.3) is 0 Å². The van der Waals surface area contributed by atoms with Crippen molar-refractivity contribution in [2.75, 3.05) is 6.61 Å². The van der Waals surface area contributed by atoms with E-state index >= 15 is 0 Å². The number of hydrogen-bond acceptors (Lipinski definition) is 6. The molecule has 1 aliphatic rings. The summed E-state index contributed by atoms with van der Waals surface area (Å²) in [7, 11) is 0. The van der Waals surface area contributed by atoms with Crippen LogP contribution in [0.15, 0.2) is 36.9 Å². The van der Waals surface area contributed by atoms with Crippen LogP contribution in [0, 0.1) is 0 Å². The van der Waals surface area contributed by atoms with Crippen molar-refractivity contribution in [3.63, 3.8) is 0 Å². The largest absolute Gasteiger partial charge is 0.462 e. The van der Waals surface area contributed by atoms with E-state index in [1.54, 1.807) is 18.2 Å². The van der Waals surface area contributed by atoms with Gasteiger partial charge in [-0.25, -0.2) is 0 Å². The van der Waals surface area contributed by atoms with Crippen molar-refractivity contribution in [1.82, 2.24) is 0 Å². The van der Waals surface area contributed by atoms with E-state index in [4.69, 9.17) is 14.6 Å². The molecule has 6 nitrogen and oxygen atoms in total. The molecule has 2 rings (SSSR count). The first-order valence-corrected chi connectivity index (χ1v) is 6.74. The molecule has 0 bridgehead atoms. The van der Waals surface area contributed by atoms with Crippen molar-refractivity contribution < 1.29 is 29.9 Å². The third-order valence-corrected chi connectivity index (χ3v) is 3.40. The Hall–Kier alpha value is -1.44. The number of aliphatic hydroxyl groups excluding tert-OH is 4. The summed E-state index contributed by atoms with van der Waals surface area (Å²) in [6.07, 6.45) is -3.86. The standard InChI is InChI=1S/C15H20O6/c1-2-3-9-4-6-10(7-5-9)20-15-14(19)13(18)12(17)11(8-16)21-15/h2,4-7,11-19H,1,3,8H2/t11-,12-,13+,14-,15-/m1/s1. The smallest absolute Gasteiger partial charge is 0.229 e. The molecule has 0 saturated carbocycles. The molecule has 0 aliphatic carbocycles. The van der Waals surface area contributed by atoms with Gasteiger partial charge in [0, 0.05) is 0 Å². The van der Waals surface area contributed by atoms with Crippen LogP contribution in [0.25, 0.3) is 0 Å². The lowest BCUT2D eigenvalue weighted by atomic mass is 9.99. The normalized spacial score (nSPS) is 32.7. The van der Waals surface area contributed by atoms with E-state index < -0.39 is 37.3 Å². The zero-order chi connectivity index (χ0) is 15.4. The van der Waals surface area contributed by atoms with E-state index in [9.17, 15) is 15.3 Å². The molecule has 6 heteroatoms. The quantitative estimate of drug-likeness (QED) is 0.552. The van der Waals surface area contributed by atoms with Gasteiger partial charge in [-0.3, -0.25) is 0 Å². The van der Waals surface area contributed by atoms with Crippen molar-refractivity contribution in [3.05, 3.63) is 42.5 Å². The zero-order valence-corrected chi connectivity index (χ0v) is 11.5. The van der Waals surface area contributed by atoms with Crippen LogP contribution in [0.3, 0.4) is 0 Å². The van der Waals surface area contributed by atoms with Crippen LogP contribution in [0.4, 0.5) is 0 Å². The number of aliphatic hydroxyl groups is 4. The maximum absolute atomic E-state index is 9.87. The average molecular weight is 296 g/mol. The van der Waals surface area contributed by atoms with Crippen LogP contribution in [-0.2, 0) is 11.2 Å². The Morgan fingerprint density at radius 3 is 2.33 bits per heavy atom. The van der Waals surface area contributed by atoms with Gasteiger partial charge < -0.3 is 29.9 Å². The molecule has 0 unspecified atom stereocenters. The van der Waals surface area contributed by atoms with Gasteiger partial charge in [0.15, 0.2) is 0 Å². The number of benzene rings is 1. The van der Waals surface area contributed by atoms with Crippen LogP contribution < -0.4 is 4.74 Å². The summed E-state index contributed by atoms with van der Waals surface area (Å²) >= 11 is 0. The number of rotatable bonds is 5. The van der Waals surface area contributed by atoms with Gasteiger partial charge in [-0.2, -0.15) is 0 Å². The van der Waals surface area contributed by atoms with Gasteiger partial charge in [0.05, 0.1) is 6.61 Å². The van der Waals surface area contributed by atoms with Crippen LogP contribution >= 0.6 is 0 Å². The van der Waals surface area contributed by atoms with E-state index in [1.807, 2.05) is 12.1 Å². The van der Waals surface area contributed by atoms with E-state index in [-0.39, 0.29) is 0 Å². The first-order chi connectivity index (χ1) is 10.1. The third-order valence-electron chi connectivity index (χ3n) is 3.40. The van der Waals surface area contributed by atoms with Crippen LogP contribution in [0.5, 0.6) is 5.75 Å². The zero-order valence-electron chi connectivity index (χ0n) is 11.5. The molecule has 0 spiro atoms. The Balaban J connectivity index is 2.05. The number of hydrogen-bond donors (Lipinski definition) is 4. The van der Waals surface area contributed by atoms with Gasteiger partial charge in [-0.1, -0.05) is 18.2 Å². The predicted octanol–water partition coefficient (Wildman–Crippen LogP) is -0.406. The maximum Gasteiger partial charge on any atom is 0.229 e. The molecular weight excluding hydrogens is 276 g/mol. The van der Waals surface area contributed by atoms with Crippen molar-refractivity contribution in [3.8, 4) is 5.75 Å². The Bertz CT molecular complexity index is 458. The Labute approximate surface area is 122 Å². The lowest BCUT2D eigenvalue weighted by molar-refractivity contribution is -0.277. The SMILES string of the molecule is C=CCc1ccc(O[C@@H]2O[C@H](CO)[C@@H](O)[C@H](O)[C@H]2O)cc1. The second kappa shape index (κ2) is 7.02. The molecule has 0 radical (unpaired) electrons. The van der Waals surface area contributed by atoms with Crippen LogP contribution in [0.1, 0.15) is 5.56 Å². The summed E-state index contributed by atoms with van der Waals surface area (Å²) < 4.78 is 10.7. The van der Waals surface area contributed by atoms with Crippen molar-refractivity contribution in [1.29, 1.82) is 0 Å². The highest BCUT2D eigenvalue weighted by Crippen LogP contribution is 2.24. The van der Waals surface area contributed by atoms with Crippen molar-refractivity contribution in [2.24, 2.45) is 0 Å². The van der Waals surface area contributed by atoms with Crippen LogP contribution in [-0.4, -0.2) is 57.7 Å². The van der Waals surface area contributed by atoms with E-state index in [2.05, 4.69) is 6.58 Å². The van der Waals surface area contributed by atoms with Gasteiger partial charge in [0.2, 0.25) is 6.29 Å². The lowest BCUT2D eigenvalue weighted by Gasteiger charge is -2.39. The van der Waals surface area contributed by atoms with Crippen molar-refractivity contribution >= 4 is 0 Å². The van der Waals surface area contributed by atoms with E-state index in [0.29, 0.717) is 5.75 Å². The lowest BCUT2D eigenvalue weighted by Crippen LogP contribution is -2.60. The number of ether oxygens (including phenoxy) is 2. The molecule has 1 aromatic rings. The Morgan fingerprint density at radius 2 is 1.76 bits per heavy atom. The fraction of sp³-hybridized carbons (Fsp3) is 0.467. The molecule has 4 N–H and O–H groups in total. The Morgan fingerprint density at radius 1 is 1.10 bits per heavy atom. The third kappa shape index (κ3) is 3.61. The van der Waals surface area contributed by atoms with Crippen molar-refractivity contribution in [2.45, 2.75) is 37.1 Å². The molecule has 116 valence electrons. The first-order valence-electron chi connectivity index (χ1n) is 6.74. The van der Waals surface area contributed by atoms with Gasteiger partial charge in [-0.15, -0.1) is 6.58 Å². The van der Waals surface area contributed by atoms with Gasteiger partial charge >= 0.3 is 0 Å². The molecule has 1 heterocycles. The Kier molecular flexibility index (Phi) is 5.33. The molecule has 1 saturated heterocycles. The van der Waals surface area contributed by atoms with E-state index in [0.717, 1.165) is 12.0 Å². The summed E-state index contributed by atoms with van der Waals surface area (Å²) in [6.45, 7) is 3.17. The number of allylic oxidation sites excluding steroid dienone is 1. The monoisotopic (exact) mass is 296 g/mol. The molecule has 0 amide bonds. The van der Waals surface area contributed by atoms with Crippen LogP contribution in [0.2, 0.25) is 0 Å². The molecule has 5 atom stereocenters. The minimum Gasteiger partial charge on any atom is -0.462 e. The highest BCUT2D eigenvalue weighted by atomic mass is 16.7. The maximum atomic E-state index is 9.87. The first kappa shape index (κ1) is 15.9. The predicted molar refractivity (Wildman–Crippen MR) is 74.7 cm³/mol. The topological polar surface area (TPSA) is 99.4 Å². The summed E-state index contributed by atoms with van der Waals surface area (Å²) in [5.74, 6) is 0.451. The summed E-state index contributed by atoms with van der Waals surface area (Å²) in [5.41, 5.74) is 1.06. The second-order valence-corrected chi connectivity index (χ2v) is 4.95. The fourth-order valence-corrected chi connectivity index (χ4v) is 2.17.